The van der Waals surface area contributed by atoms with Crippen molar-refractivity contribution in [3.05, 3.63) is 57.0 Å². The van der Waals surface area contributed by atoms with Crippen LogP contribution in [0, 0.1) is 11.6 Å². The third kappa shape index (κ3) is 21.5. The van der Waals surface area contributed by atoms with Crippen LogP contribution in [0.5, 0.6) is 0 Å². The molecular weight excluding hydrogens is 674 g/mol. The van der Waals surface area contributed by atoms with Gasteiger partial charge in [-0.05, 0) is 131 Å². The van der Waals surface area contributed by atoms with E-state index in [1.165, 1.54) is 18.2 Å². The standard InChI is InChI=1S/C11H13BrFNO2.C10H18O5.C6H5BrFN.CH4/c1-11(2,3)16-10(15)14-7-4-5-8(12)9(13)6-7;1-9(2,3)14-7(11)13-8(12)15-10(4,5)6;7-5-2-1-4(9)3-6(5)8;/h4-6H,1-3H3,(H,14,15);1-6H3;1-3H,9H2;1H4. The molecule has 2 aromatic carbocycles. The Morgan fingerprint density at radius 3 is 1.44 bits per heavy atom. The molecule has 0 spiro atoms. The Balaban J connectivity index is 0. The normalized spacial score (nSPS) is 10.8. The highest BCUT2D eigenvalue weighted by Crippen LogP contribution is 2.20. The number of ether oxygens (including phenoxy) is 4. The molecule has 0 heterocycles. The minimum Gasteiger partial charge on any atom is -0.444 e. The zero-order valence-electron chi connectivity index (χ0n) is 23.9. The van der Waals surface area contributed by atoms with E-state index in [-0.39, 0.29) is 13.2 Å². The molecule has 0 bridgehead atoms. The van der Waals surface area contributed by atoms with E-state index in [1.807, 2.05) is 0 Å². The molecule has 9 nitrogen and oxygen atoms in total. The van der Waals surface area contributed by atoms with Gasteiger partial charge in [0.1, 0.15) is 28.4 Å². The van der Waals surface area contributed by atoms with Crippen molar-refractivity contribution in [1.29, 1.82) is 0 Å². The van der Waals surface area contributed by atoms with Crippen molar-refractivity contribution in [3.63, 3.8) is 0 Å². The summed E-state index contributed by atoms with van der Waals surface area (Å²) in [6.07, 6.45) is -2.72. The van der Waals surface area contributed by atoms with Crippen molar-refractivity contribution in [2.24, 2.45) is 0 Å². The number of nitrogen functional groups attached to an aromatic ring is 1. The Morgan fingerprint density at radius 1 is 0.707 bits per heavy atom. The molecule has 41 heavy (non-hydrogen) atoms. The first-order valence-corrected chi connectivity index (χ1v) is 13.4. The van der Waals surface area contributed by atoms with Gasteiger partial charge < -0.3 is 24.7 Å². The second-order valence-electron chi connectivity index (χ2n) is 11.0. The first-order chi connectivity index (χ1) is 18.0. The number of benzene rings is 2. The van der Waals surface area contributed by atoms with Crippen molar-refractivity contribution in [3.8, 4) is 0 Å². The van der Waals surface area contributed by atoms with E-state index in [0.717, 1.165) is 0 Å². The van der Waals surface area contributed by atoms with Crippen molar-refractivity contribution in [1.82, 2.24) is 0 Å². The second kappa shape index (κ2) is 17.1. The maximum atomic E-state index is 13.1. The van der Waals surface area contributed by atoms with Gasteiger partial charge >= 0.3 is 18.4 Å². The monoisotopic (exact) mass is 712 g/mol. The van der Waals surface area contributed by atoms with Gasteiger partial charge in [0.25, 0.3) is 0 Å². The maximum Gasteiger partial charge on any atom is 0.519 e. The van der Waals surface area contributed by atoms with Crippen LogP contribution >= 0.6 is 31.9 Å². The lowest BCUT2D eigenvalue weighted by atomic mass is 10.2. The van der Waals surface area contributed by atoms with Crippen molar-refractivity contribution >= 4 is 61.6 Å². The van der Waals surface area contributed by atoms with Crippen LogP contribution in [0.1, 0.15) is 69.7 Å². The van der Waals surface area contributed by atoms with Gasteiger partial charge in [0, 0.05) is 11.4 Å². The Hall–Kier alpha value is -2.93. The van der Waals surface area contributed by atoms with Crippen LogP contribution < -0.4 is 11.1 Å². The number of nitrogens with two attached hydrogens (primary N) is 1. The summed E-state index contributed by atoms with van der Waals surface area (Å²) in [5, 5.41) is 2.44. The highest BCUT2D eigenvalue weighted by Gasteiger charge is 2.24. The van der Waals surface area contributed by atoms with Gasteiger partial charge in [-0.15, -0.1) is 0 Å². The molecule has 232 valence electrons. The number of rotatable bonds is 1. The van der Waals surface area contributed by atoms with Gasteiger partial charge in [-0.3, -0.25) is 5.32 Å². The lowest BCUT2D eigenvalue weighted by Crippen LogP contribution is -2.29. The fourth-order valence-corrected chi connectivity index (χ4v) is 2.61. The van der Waals surface area contributed by atoms with E-state index in [9.17, 15) is 23.2 Å². The summed E-state index contributed by atoms with van der Waals surface area (Å²) in [5.41, 5.74) is 4.10. The molecule has 0 saturated carbocycles. The fourth-order valence-electron chi connectivity index (χ4n) is 2.12. The van der Waals surface area contributed by atoms with E-state index in [2.05, 4.69) is 41.9 Å². The SMILES string of the molecule is C.CC(C)(C)OC(=O)Nc1ccc(Br)c(F)c1.CC(C)(C)OC(=O)OC(=O)OC(C)(C)C.Nc1ccc(Br)c(F)c1. The number of hydrogen-bond acceptors (Lipinski definition) is 8. The lowest BCUT2D eigenvalue weighted by molar-refractivity contribution is -0.0294. The Kier molecular flexibility index (Phi) is 16.8. The van der Waals surface area contributed by atoms with Gasteiger partial charge in [-0.25, -0.2) is 23.2 Å². The maximum absolute atomic E-state index is 13.1. The summed E-state index contributed by atoms with van der Waals surface area (Å²) < 4.78 is 45.2. The van der Waals surface area contributed by atoms with Crippen molar-refractivity contribution in [2.75, 3.05) is 11.1 Å². The van der Waals surface area contributed by atoms with Crippen LogP contribution in [0.25, 0.3) is 0 Å². The molecule has 3 N–H and O–H groups in total. The number of anilines is 2. The molecule has 2 aromatic rings. The van der Waals surface area contributed by atoms with Crippen LogP contribution in [0.15, 0.2) is 45.3 Å². The topological polar surface area (TPSA) is 126 Å². The van der Waals surface area contributed by atoms with Crippen molar-refractivity contribution in [2.45, 2.75) is 86.5 Å². The quantitative estimate of drug-likeness (QED) is 0.130. The molecule has 0 atom stereocenters. The van der Waals surface area contributed by atoms with Crippen LogP contribution in [-0.2, 0) is 18.9 Å². The smallest absolute Gasteiger partial charge is 0.444 e. The predicted molar refractivity (Wildman–Crippen MR) is 163 cm³/mol. The van der Waals surface area contributed by atoms with E-state index in [4.69, 9.17) is 19.9 Å². The van der Waals surface area contributed by atoms with Crippen molar-refractivity contribution < 1.29 is 42.1 Å². The summed E-state index contributed by atoms with van der Waals surface area (Å²) in [6.45, 7) is 15.3. The van der Waals surface area contributed by atoms with Gasteiger partial charge in [0.2, 0.25) is 0 Å². The van der Waals surface area contributed by atoms with Crippen LogP contribution in [0.3, 0.4) is 0 Å². The highest BCUT2D eigenvalue weighted by atomic mass is 79.9. The Morgan fingerprint density at radius 2 is 1.10 bits per heavy atom. The summed E-state index contributed by atoms with van der Waals surface area (Å²) in [7, 11) is 0. The zero-order valence-corrected chi connectivity index (χ0v) is 27.1. The molecule has 0 unspecified atom stereocenters. The van der Waals surface area contributed by atoms with Crippen LogP contribution in [-0.4, -0.2) is 35.2 Å². The fraction of sp³-hybridized carbons (Fsp3) is 0.464. The number of carbonyl (C=O) groups is 3. The van der Waals surface area contributed by atoms with Gasteiger partial charge in [0.15, 0.2) is 0 Å². The van der Waals surface area contributed by atoms with E-state index in [0.29, 0.717) is 20.3 Å². The summed E-state index contributed by atoms with van der Waals surface area (Å²) in [6, 6.07) is 8.79. The third-order valence-corrected chi connectivity index (χ3v) is 4.74. The first-order valence-electron chi connectivity index (χ1n) is 11.8. The number of carbonyl (C=O) groups excluding carboxylic acids is 3. The highest BCUT2D eigenvalue weighted by molar-refractivity contribution is 9.10. The van der Waals surface area contributed by atoms with Gasteiger partial charge in [-0.1, -0.05) is 7.43 Å². The summed E-state index contributed by atoms with van der Waals surface area (Å²) in [4.78, 5) is 33.4. The molecule has 0 aromatic heterocycles. The average molecular weight is 714 g/mol. The molecule has 2 rings (SSSR count). The predicted octanol–water partition coefficient (Wildman–Crippen LogP) is 9.61. The van der Waals surface area contributed by atoms with Crippen LogP contribution in [0.4, 0.5) is 34.5 Å². The summed E-state index contributed by atoms with van der Waals surface area (Å²) in [5.74, 6) is -0.761. The van der Waals surface area contributed by atoms with Gasteiger partial charge in [0.05, 0.1) is 8.95 Å². The minimum atomic E-state index is -1.06. The molecule has 0 aliphatic heterocycles. The molecule has 0 saturated heterocycles. The second-order valence-corrected chi connectivity index (χ2v) is 12.7. The number of halogens is 4. The molecule has 0 radical (unpaired) electrons. The average Bonchev–Trinajstić information content (AvgIpc) is 2.70. The van der Waals surface area contributed by atoms with Gasteiger partial charge in [-0.2, -0.15) is 0 Å². The molecular formula is C28H40Br2F2N2O7. The number of amides is 1. The third-order valence-electron chi connectivity index (χ3n) is 3.45. The van der Waals surface area contributed by atoms with E-state index >= 15 is 0 Å². The molecule has 0 aliphatic rings. The lowest BCUT2D eigenvalue weighted by Gasteiger charge is -2.20. The first kappa shape index (κ1) is 40.2. The Bertz CT molecular complexity index is 1130. The summed E-state index contributed by atoms with van der Waals surface area (Å²) >= 11 is 6.02. The minimum absolute atomic E-state index is 0. The largest absolute Gasteiger partial charge is 0.519 e. The van der Waals surface area contributed by atoms with E-state index < -0.39 is 41.0 Å². The number of nitrogens with one attached hydrogen (secondary N) is 1. The molecule has 1 amide bonds. The number of hydrogen-bond donors (Lipinski definition) is 2. The van der Waals surface area contributed by atoms with E-state index in [1.54, 1.807) is 80.5 Å². The molecule has 13 heteroatoms. The molecule has 0 aliphatic carbocycles. The zero-order chi connectivity index (χ0) is 31.5. The van der Waals surface area contributed by atoms with Crippen LogP contribution in [0.2, 0.25) is 0 Å². The Labute approximate surface area is 257 Å². The molecule has 0 fully saturated rings.